The second-order valence-electron chi connectivity index (χ2n) is 6.20. The standard InChI is InChI=1S/C15H20N4O4/c1-9-4-5-11-13(9)14(12(7-17-11)19(21)22)18-6-2-3-10(8-18)23-15(16)20/h7,9-10H,2-6,8H2,1H3,(H2,16,20)/t9-,10?/m1/s1. The van der Waals surface area contributed by atoms with Crippen molar-refractivity contribution in [1.82, 2.24) is 4.98 Å². The van der Waals surface area contributed by atoms with Crippen molar-refractivity contribution in [3.05, 3.63) is 27.6 Å². The Hall–Kier alpha value is -2.38. The number of primary amides is 1. The van der Waals surface area contributed by atoms with Crippen molar-refractivity contribution in [2.24, 2.45) is 5.73 Å². The van der Waals surface area contributed by atoms with Crippen LogP contribution in [0.2, 0.25) is 0 Å². The molecule has 0 aromatic carbocycles. The van der Waals surface area contributed by atoms with Crippen LogP contribution in [0.1, 0.15) is 43.4 Å². The van der Waals surface area contributed by atoms with E-state index in [9.17, 15) is 14.9 Å². The number of amides is 1. The Morgan fingerprint density at radius 1 is 1.52 bits per heavy atom. The molecule has 1 aliphatic heterocycles. The summed E-state index contributed by atoms with van der Waals surface area (Å²) in [5, 5.41) is 11.5. The SMILES string of the molecule is C[C@@H]1CCc2ncc([N+](=O)[O-])c(N3CCCC(OC(N)=O)C3)c21. The minimum Gasteiger partial charge on any atom is -0.445 e. The molecule has 2 aliphatic rings. The highest BCUT2D eigenvalue weighted by atomic mass is 16.6. The van der Waals surface area contributed by atoms with Crippen LogP contribution in [0.25, 0.3) is 0 Å². The van der Waals surface area contributed by atoms with Crippen LogP contribution in [0.5, 0.6) is 0 Å². The molecule has 2 heterocycles. The summed E-state index contributed by atoms with van der Waals surface area (Å²) in [6.07, 6.45) is 3.52. The largest absolute Gasteiger partial charge is 0.445 e. The molecule has 2 N–H and O–H groups in total. The van der Waals surface area contributed by atoms with Crippen LogP contribution in [0.3, 0.4) is 0 Å². The number of nitro groups is 1. The van der Waals surface area contributed by atoms with Gasteiger partial charge in [-0.25, -0.2) is 4.79 Å². The van der Waals surface area contributed by atoms with Crippen molar-refractivity contribution >= 4 is 17.5 Å². The number of fused-ring (bicyclic) bond motifs is 1. The summed E-state index contributed by atoms with van der Waals surface area (Å²) in [7, 11) is 0. The second kappa shape index (κ2) is 6.02. The summed E-state index contributed by atoms with van der Waals surface area (Å²) in [5.41, 5.74) is 7.68. The van der Waals surface area contributed by atoms with Crippen molar-refractivity contribution in [3.8, 4) is 0 Å². The topological polar surface area (TPSA) is 112 Å². The van der Waals surface area contributed by atoms with Gasteiger partial charge in [-0.3, -0.25) is 15.1 Å². The minimum atomic E-state index is -0.806. The molecule has 2 atom stereocenters. The summed E-state index contributed by atoms with van der Waals surface area (Å²) in [6.45, 7) is 3.19. The van der Waals surface area contributed by atoms with Gasteiger partial charge < -0.3 is 15.4 Å². The number of ether oxygens (including phenoxy) is 1. The molecule has 1 aliphatic carbocycles. The van der Waals surface area contributed by atoms with E-state index in [0.29, 0.717) is 18.8 Å². The normalized spacial score (nSPS) is 23.4. The van der Waals surface area contributed by atoms with E-state index >= 15 is 0 Å². The van der Waals surface area contributed by atoms with Crippen LogP contribution in [-0.2, 0) is 11.2 Å². The lowest BCUT2D eigenvalue weighted by Gasteiger charge is -2.34. The number of carbonyl (C=O) groups is 1. The average molecular weight is 320 g/mol. The predicted octanol–water partition coefficient (Wildman–Crippen LogP) is 2.10. The van der Waals surface area contributed by atoms with E-state index in [-0.39, 0.29) is 22.6 Å². The maximum absolute atomic E-state index is 11.5. The highest BCUT2D eigenvalue weighted by molar-refractivity contribution is 5.70. The number of nitrogens with two attached hydrogens (primary N) is 1. The molecule has 1 saturated heterocycles. The number of piperidine rings is 1. The van der Waals surface area contributed by atoms with Gasteiger partial charge in [0, 0.05) is 17.8 Å². The summed E-state index contributed by atoms with van der Waals surface area (Å²) < 4.78 is 5.10. The molecule has 1 aromatic heterocycles. The number of hydrogen-bond acceptors (Lipinski definition) is 6. The van der Waals surface area contributed by atoms with Crippen LogP contribution in [0.15, 0.2) is 6.20 Å². The zero-order valence-corrected chi connectivity index (χ0v) is 13.0. The van der Waals surface area contributed by atoms with E-state index in [4.69, 9.17) is 10.5 Å². The predicted molar refractivity (Wildman–Crippen MR) is 83.5 cm³/mol. The number of anilines is 1. The van der Waals surface area contributed by atoms with Crippen LogP contribution >= 0.6 is 0 Å². The molecule has 3 rings (SSSR count). The molecule has 1 fully saturated rings. The van der Waals surface area contributed by atoms with Crippen molar-refractivity contribution in [3.63, 3.8) is 0 Å². The number of nitrogens with zero attached hydrogens (tertiary/aromatic N) is 3. The fourth-order valence-electron chi connectivity index (χ4n) is 3.63. The van der Waals surface area contributed by atoms with Crippen LogP contribution < -0.4 is 10.6 Å². The van der Waals surface area contributed by atoms with Gasteiger partial charge in [-0.1, -0.05) is 6.92 Å². The summed E-state index contributed by atoms with van der Waals surface area (Å²) in [5.74, 6) is 0.241. The summed E-state index contributed by atoms with van der Waals surface area (Å²) >= 11 is 0. The van der Waals surface area contributed by atoms with E-state index in [0.717, 1.165) is 36.9 Å². The van der Waals surface area contributed by atoms with Gasteiger partial charge in [0.1, 0.15) is 18.0 Å². The average Bonchev–Trinajstić information content (AvgIpc) is 2.87. The van der Waals surface area contributed by atoms with Gasteiger partial charge in [0.25, 0.3) is 0 Å². The van der Waals surface area contributed by atoms with Gasteiger partial charge in [-0.15, -0.1) is 0 Å². The highest BCUT2D eigenvalue weighted by Crippen LogP contribution is 2.44. The van der Waals surface area contributed by atoms with Gasteiger partial charge >= 0.3 is 11.8 Å². The Morgan fingerprint density at radius 2 is 2.30 bits per heavy atom. The Morgan fingerprint density at radius 3 is 3.00 bits per heavy atom. The number of carbonyl (C=O) groups excluding carboxylic acids is 1. The van der Waals surface area contributed by atoms with E-state index in [1.54, 1.807) is 0 Å². The molecule has 1 aromatic rings. The van der Waals surface area contributed by atoms with Crippen molar-refractivity contribution < 1.29 is 14.5 Å². The van der Waals surface area contributed by atoms with E-state index in [1.807, 2.05) is 4.90 Å². The quantitative estimate of drug-likeness (QED) is 0.674. The van der Waals surface area contributed by atoms with Crippen molar-refractivity contribution in [2.75, 3.05) is 18.0 Å². The Balaban J connectivity index is 1.99. The van der Waals surface area contributed by atoms with Gasteiger partial charge in [0.05, 0.1) is 11.5 Å². The third-order valence-corrected chi connectivity index (χ3v) is 4.63. The molecule has 23 heavy (non-hydrogen) atoms. The Kier molecular flexibility index (Phi) is 4.06. The van der Waals surface area contributed by atoms with Crippen LogP contribution in [-0.4, -0.2) is 35.2 Å². The number of aromatic nitrogens is 1. The first-order valence-electron chi connectivity index (χ1n) is 7.84. The van der Waals surface area contributed by atoms with Gasteiger partial charge in [-0.05, 0) is 31.6 Å². The van der Waals surface area contributed by atoms with E-state index in [2.05, 4.69) is 11.9 Å². The maximum atomic E-state index is 11.5. The molecule has 1 unspecified atom stereocenters. The molecular weight excluding hydrogens is 300 g/mol. The zero-order chi connectivity index (χ0) is 16.6. The summed E-state index contributed by atoms with van der Waals surface area (Å²) in [4.78, 5) is 28.3. The molecule has 8 heteroatoms. The zero-order valence-electron chi connectivity index (χ0n) is 13.0. The third kappa shape index (κ3) is 2.93. The minimum absolute atomic E-state index is 0.0252. The van der Waals surface area contributed by atoms with Gasteiger partial charge in [0.2, 0.25) is 0 Å². The van der Waals surface area contributed by atoms with Crippen LogP contribution in [0.4, 0.5) is 16.2 Å². The Bertz CT molecular complexity index is 649. The lowest BCUT2D eigenvalue weighted by atomic mass is 9.99. The third-order valence-electron chi connectivity index (χ3n) is 4.63. The van der Waals surface area contributed by atoms with Gasteiger partial charge in [-0.2, -0.15) is 0 Å². The van der Waals surface area contributed by atoms with E-state index < -0.39 is 6.09 Å². The molecule has 1 amide bonds. The van der Waals surface area contributed by atoms with E-state index in [1.165, 1.54) is 6.20 Å². The summed E-state index contributed by atoms with van der Waals surface area (Å²) in [6, 6.07) is 0. The smallest absolute Gasteiger partial charge is 0.404 e. The lowest BCUT2D eigenvalue weighted by molar-refractivity contribution is -0.384. The van der Waals surface area contributed by atoms with Crippen LogP contribution in [0, 0.1) is 10.1 Å². The first kappa shape index (κ1) is 15.5. The fraction of sp³-hybridized carbons (Fsp3) is 0.600. The first-order valence-corrected chi connectivity index (χ1v) is 7.84. The number of rotatable bonds is 3. The number of hydrogen-bond donors (Lipinski definition) is 1. The highest BCUT2D eigenvalue weighted by Gasteiger charge is 2.34. The van der Waals surface area contributed by atoms with Crippen molar-refractivity contribution in [1.29, 1.82) is 0 Å². The van der Waals surface area contributed by atoms with Crippen molar-refractivity contribution in [2.45, 2.75) is 44.6 Å². The first-order chi connectivity index (χ1) is 11.0. The second-order valence-corrected chi connectivity index (χ2v) is 6.20. The number of pyridine rings is 1. The monoisotopic (exact) mass is 320 g/mol. The number of aryl methyl sites for hydroxylation is 1. The maximum Gasteiger partial charge on any atom is 0.404 e. The molecular formula is C15H20N4O4. The molecule has 8 nitrogen and oxygen atoms in total. The molecule has 124 valence electrons. The molecule has 0 radical (unpaired) electrons. The lowest BCUT2D eigenvalue weighted by Crippen LogP contribution is -2.42. The molecule has 0 spiro atoms. The van der Waals surface area contributed by atoms with Gasteiger partial charge in [0.15, 0.2) is 0 Å². The fourth-order valence-corrected chi connectivity index (χ4v) is 3.63. The molecule has 0 saturated carbocycles. The molecule has 0 bridgehead atoms. The Labute approximate surface area is 133 Å².